The van der Waals surface area contributed by atoms with Crippen LogP contribution < -0.4 is 5.56 Å². The predicted octanol–water partition coefficient (Wildman–Crippen LogP) is 1.62. The van der Waals surface area contributed by atoms with Crippen molar-refractivity contribution in [2.75, 3.05) is 0 Å². The van der Waals surface area contributed by atoms with Crippen LogP contribution in [0.15, 0.2) is 29.2 Å². The standard InChI is InChI=1S/C12H13N5OS/c1-8-4-19-11-10(8)12(18)17(7-14-11)9(2)3-16-6-13-5-15-16/h4-7,9H,3H2,1-2H3. The molecule has 0 spiro atoms. The summed E-state index contributed by atoms with van der Waals surface area (Å²) in [4.78, 5) is 21.5. The maximum absolute atomic E-state index is 12.5. The molecule has 0 aliphatic rings. The van der Waals surface area contributed by atoms with Crippen LogP contribution in [0, 0.1) is 6.92 Å². The van der Waals surface area contributed by atoms with Crippen LogP contribution in [-0.4, -0.2) is 24.3 Å². The van der Waals surface area contributed by atoms with Gasteiger partial charge in [-0.3, -0.25) is 14.0 Å². The van der Waals surface area contributed by atoms with E-state index in [-0.39, 0.29) is 11.6 Å². The summed E-state index contributed by atoms with van der Waals surface area (Å²) in [6.45, 7) is 4.50. The second-order valence-electron chi connectivity index (χ2n) is 4.52. The largest absolute Gasteiger partial charge is 0.294 e. The molecule has 0 radical (unpaired) electrons. The highest BCUT2D eigenvalue weighted by Crippen LogP contribution is 2.20. The van der Waals surface area contributed by atoms with Crippen molar-refractivity contribution in [2.45, 2.75) is 26.4 Å². The van der Waals surface area contributed by atoms with E-state index < -0.39 is 0 Å². The number of rotatable bonds is 3. The third kappa shape index (κ3) is 2.06. The van der Waals surface area contributed by atoms with Gasteiger partial charge in [0.05, 0.1) is 24.3 Å². The molecule has 6 nitrogen and oxygen atoms in total. The number of aromatic nitrogens is 5. The third-order valence-electron chi connectivity index (χ3n) is 3.10. The summed E-state index contributed by atoms with van der Waals surface area (Å²) in [7, 11) is 0. The molecule has 0 aliphatic heterocycles. The van der Waals surface area contributed by atoms with Crippen molar-refractivity contribution in [3.05, 3.63) is 40.3 Å². The summed E-state index contributed by atoms with van der Waals surface area (Å²) >= 11 is 1.50. The van der Waals surface area contributed by atoms with Crippen LogP contribution in [0.3, 0.4) is 0 Å². The van der Waals surface area contributed by atoms with Crippen molar-refractivity contribution < 1.29 is 0 Å². The van der Waals surface area contributed by atoms with Gasteiger partial charge in [-0.2, -0.15) is 5.10 Å². The lowest BCUT2D eigenvalue weighted by molar-refractivity contribution is 0.425. The zero-order valence-electron chi connectivity index (χ0n) is 10.6. The Morgan fingerprint density at radius 1 is 1.42 bits per heavy atom. The van der Waals surface area contributed by atoms with E-state index in [2.05, 4.69) is 15.1 Å². The Balaban J connectivity index is 2.03. The van der Waals surface area contributed by atoms with E-state index in [1.807, 2.05) is 19.2 Å². The van der Waals surface area contributed by atoms with Crippen LogP contribution in [0.25, 0.3) is 10.2 Å². The zero-order chi connectivity index (χ0) is 13.4. The number of aryl methyl sites for hydroxylation is 1. The first-order chi connectivity index (χ1) is 9.16. The van der Waals surface area contributed by atoms with Gasteiger partial charge >= 0.3 is 0 Å². The van der Waals surface area contributed by atoms with Gasteiger partial charge in [0.25, 0.3) is 5.56 Å². The van der Waals surface area contributed by atoms with Crippen LogP contribution in [0.2, 0.25) is 0 Å². The molecule has 98 valence electrons. The molecule has 0 saturated carbocycles. The molecule has 1 atom stereocenters. The normalized spacial score (nSPS) is 12.9. The van der Waals surface area contributed by atoms with E-state index in [4.69, 9.17) is 0 Å². The molecule has 1 unspecified atom stereocenters. The number of thiophene rings is 1. The fourth-order valence-corrected chi connectivity index (χ4v) is 2.96. The lowest BCUT2D eigenvalue weighted by atomic mass is 10.2. The van der Waals surface area contributed by atoms with E-state index in [1.165, 1.54) is 17.7 Å². The second-order valence-corrected chi connectivity index (χ2v) is 5.38. The quantitative estimate of drug-likeness (QED) is 0.728. The molecule has 0 aromatic carbocycles. The number of hydrogen-bond acceptors (Lipinski definition) is 5. The first kappa shape index (κ1) is 12.0. The second kappa shape index (κ2) is 4.58. The monoisotopic (exact) mass is 275 g/mol. The fourth-order valence-electron chi connectivity index (χ4n) is 2.08. The van der Waals surface area contributed by atoms with Gasteiger partial charge in [-0.15, -0.1) is 11.3 Å². The van der Waals surface area contributed by atoms with Gasteiger partial charge in [0.1, 0.15) is 17.5 Å². The van der Waals surface area contributed by atoms with Gasteiger partial charge in [-0.05, 0) is 24.8 Å². The molecular weight excluding hydrogens is 262 g/mol. The Morgan fingerprint density at radius 3 is 3.00 bits per heavy atom. The minimum atomic E-state index is -0.0228. The van der Waals surface area contributed by atoms with Crippen molar-refractivity contribution in [1.82, 2.24) is 24.3 Å². The lowest BCUT2D eigenvalue weighted by Gasteiger charge is -2.14. The molecule has 3 heterocycles. The van der Waals surface area contributed by atoms with Crippen molar-refractivity contribution in [2.24, 2.45) is 0 Å². The average molecular weight is 275 g/mol. The molecule has 7 heteroatoms. The smallest absolute Gasteiger partial charge is 0.262 e. The zero-order valence-corrected chi connectivity index (χ0v) is 11.5. The maximum atomic E-state index is 12.5. The molecular formula is C12H13N5OS. The van der Waals surface area contributed by atoms with Gasteiger partial charge in [0.15, 0.2) is 0 Å². The first-order valence-electron chi connectivity index (χ1n) is 5.94. The van der Waals surface area contributed by atoms with Crippen molar-refractivity contribution in [3.8, 4) is 0 Å². The minimum Gasteiger partial charge on any atom is -0.294 e. The summed E-state index contributed by atoms with van der Waals surface area (Å²) in [5.74, 6) is 0. The van der Waals surface area contributed by atoms with E-state index in [1.54, 1.807) is 21.9 Å². The van der Waals surface area contributed by atoms with Gasteiger partial charge in [0, 0.05) is 0 Å². The summed E-state index contributed by atoms with van der Waals surface area (Å²) in [6.07, 6.45) is 4.74. The Hall–Kier alpha value is -2.02. The number of fused-ring (bicyclic) bond motifs is 1. The summed E-state index contributed by atoms with van der Waals surface area (Å²) < 4.78 is 3.37. The van der Waals surface area contributed by atoms with E-state index >= 15 is 0 Å². The predicted molar refractivity (Wildman–Crippen MR) is 73.4 cm³/mol. The van der Waals surface area contributed by atoms with Crippen LogP contribution in [-0.2, 0) is 6.54 Å². The van der Waals surface area contributed by atoms with Crippen LogP contribution in [0.5, 0.6) is 0 Å². The molecule has 3 rings (SSSR count). The highest BCUT2D eigenvalue weighted by molar-refractivity contribution is 7.16. The van der Waals surface area contributed by atoms with Crippen molar-refractivity contribution in [3.63, 3.8) is 0 Å². The molecule has 0 amide bonds. The Kier molecular flexibility index (Phi) is 2.90. The molecule has 0 saturated heterocycles. The summed E-state index contributed by atoms with van der Waals surface area (Å²) in [5, 5.41) is 6.74. The Bertz CT molecular complexity index is 758. The van der Waals surface area contributed by atoms with E-state index in [0.29, 0.717) is 6.54 Å². The topological polar surface area (TPSA) is 65.6 Å². The Morgan fingerprint density at radius 2 is 2.26 bits per heavy atom. The van der Waals surface area contributed by atoms with Crippen LogP contribution >= 0.6 is 11.3 Å². The third-order valence-corrected chi connectivity index (χ3v) is 4.10. The van der Waals surface area contributed by atoms with Gasteiger partial charge in [0.2, 0.25) is 0 Å². The molecule has 0 N–H and O–H groups in total. The van der Waals surface area contributed by atoms with E-state index in [9.17, 15) is 4.79 Å². The van der Waals surface area contributed by atoms with Crippen molar-refractivity contribution in [1.29, 1.82) is 0 Å². The molecule has 3 aromatic heterocycles. The number of nitrogens with zero attached hydrogens (tertiary/aromatic N) is 5. The van der Waals surface area contributed by atoms with Crippen LogP contribution in [0.4, 0.5) is 0 Å². The minimum absolute atomic E-state index is 0.0105. The highest BCUT2D eigenvalue weighted by Gasteiger charge is 2.13. The summed E-state index contributed by atoms with van der Waals surface area (Å²) in [6, 6.07) is -0.0228. The molecule has 0 fully saturated rings. The Labute approximate surface area is 113 Å². The number of hydrogen-bond donors (Lipinski definition) is 0. The fraction of sp³-hybridized carbons (Fsp3) is 0.333. The lowest BCUT2D eigenvalue weighted by Crippen LogP contribution is -2.26. The molecule has 0 bridgehead atoms. The maximum Gasteiger partial charge on any atom is 0.262 e. The van der Waals surface area contributed by atoms with E-state index in [0.717, 1.165) is 15.8 Å². The van der Waals surface area contributed by atoms with Gasteiger partial charge in [-0.1, -0.05) is 0 Å². The summed E-state index contributed by atoms with van der Waals surface area (Å²) in [5.41, 5.74) is 0.996. The first-order valence-corrected chi connectivity index (χ1v) is 6.82. The van der Waals surface area contributed by atoms with Gasteiger partial charge in [-0.25, -0.2) is 9.97 Å². The SMILES string of the molecule is Cc1csc2ncn(C(C)Cn3cncn3)c(=O)c12. The molecule has 19 heavy (non-hydrogen) atoms. The van der Waals surface area contributed by atoms with Crippen molar-refractivity contribution >= 4 is 21.6 Å². The highest BCUT2D eigenvalue weighted by atomic mass is 32.1. The average Bonchev–Trinajstić information content (AvgIpc) is 3.00. The van der Waals surface area contributed by atoms with Crippen LogP contribution in [0.1, 0.15) is 18.5 Å². The molecule has 0 aliphatic carbocycles. The van der Waals surface area contributed by atoms with Gasteiger partial charge < -0.3 is 0 Å². The molecule has 3 aromatic rings.